The summed E-state index contributed by atoms with van der Waals surface area (Å²) in [6, 6.07) is 8.28. The van der Waals surface area contributed by atoms with Crippen molar-refractivity contribution >= 4 is 0 Å². The summed E-state index contributed by atoms with van der Waals surface area (Å²) >= 11 is 0. The lowest BCUT2D eigenvalue weighted by atomic mass is 9.90. The lowest BCUT2D eigenvalue weighted by Crippen LogP contribution is -2.48. The lowest BCUT2D eigenvalue weighted by Gasteiger charge is -2.42. The molecule has 1 N–H and O–H groups in total. The summed E-state index contributed by atoms with van der Waals surface area (Å²) < 4.78 is 0. The molecule has 0 aliphatic carbocycles. The first-order valence-corrected chi connectivity index (χ1v) is 5.20. The fourth-order valence-corrected chi connectivity index (χ4v) is 1.96. The zero-order valence-corrected chi connectivity index (χ0v) is 8.77. The van der Waals surface area contributed by atoms with Crippen molar-refractivity contribution in [2.75, 3.05) is 13.1 Å². The second kappa shape index (κ2) is 3.62. The Morgan fingerprint density at radius 1 is 1.29 bits per heavy atom. The first-order valence-electron chi connectivity index (χ1n) is 5.20. The first-order chi connectivity index (χ1) is 6.68. The number of para-hydroxylation sites is 1. The number of rotatable bonds is 2. The van der Waals surface area contributed by atoms with Gasteiger partial charge in [-0.3, -0.25) is 4.90 Å². The van der Waals surface area contributed by atoms with E-state index in [4.69, 9.17) is 0 Å². The van der Waals surface area contributed by atoms with Gasteiger partial charge < -0.3 is 5.11 Å². The summed E-state index contributed by atoms with van der Waals surface area (Å²) in [5.74, 6) is 0.972. The van der Waals surface area contributed by atoms with Crippen molar-refractivity contribution in [3.05, 3.63) is 29.8 Å². The van der Waals surface area contributed by atoms with Crippen LogP contribution in [0.3, 0.4) is 0 Å². The van der Waals surface area contributed by atoms with E-state index in [1.165, 1.54) is 0 Å². The van der Waals surface area contributed by atoms with Crippen LogP contribution >= 0.6 is 0 Å². The molecule has 2 nitrogen and oxygen atoms in total. The second-order valence-corrected chi connectivity index (χ2v) is 4.30. The molecule has 1 aromatic rings. The quantitative estimate of drug-likeness (QED) is 0.774. The Balaban J connectivity index is 2.03. The molecular formula is C12H17NO. The highest BCUT2D eigenvalue weighted by Gasteiger charge is 2.30. The highest BCUT2D eigenvalue weighted by molar-refractivity contribution is 5.36. The summed E-state index contributed by atoms with van der Waals surface area (Å²) in [6.07, 6.45) is 0. The molecule has 0 spiro atoms. The fraction of sp³-hybridized carbons (Fsp3) is 0.500. The van der Waals surface area contributed by atoms with E-state index >= 15 is 0 Å². The standard InChI is InChI=1S/C12H17NO/c1-9(2)13-7-10(8-13)11-5-3-4-6-12(11)14/h3-6,9-10,14H,7-8H2,1-2H3. The van der Waals surface area contributed by atoms with Crippen molar-refractivity contribution in [1.82, 2.24) is 4.90 Å². The summed E-state index contributed by atoms with van der Waals surface area (Å²) in [7, 11) is 0. The summed E-state index contributed by atoms with van der Waals surface area (Å²) in [6.45, 7) is 6.58. The van der Waals surface area contributed by atoms with Crippen LogP contribution in [0.4, 0.5) is 0 Å². The van der Waals surface area contributed by atoms with Gasteiger partial charge in [-0.1, -0.05) is 18.2 Å². The van der Waals surface area contributed by atoms with Gasteiger partial charge in [0.15, 0.2) is 0 Å². The SMILES string of the molecule is CC(C)N1CC(c2ccccc2O)C1. The van der Waals surface area contributed by atoms with E-state index in [0.717, 1.165) is 18.7 Å². The van der Waals surface area contributed by atoms with Crippen LogP contribution in [-0.2, 0) is 0 Å². The van der Waals surface area contributed by atoms with E-state index in [9.17, 15) is 5.11 Å². The largest absolute Gasteiger partial charge is 0.508 e. The van der Waals surface area contributed by atoms with Crippen LogP contribution in [0, 0.1) is 0 Å². The first kappa shape index (κ1) is 9.53. The fourth-order valence-electron chi connectivity index (χ4n) is 1.96. The van der Waals surface area contributed by atoms with Gasteiger partial charge in [0.2, 0.25) is 0 Å². The smallest absolute Gasteiger partial charge is 0.119 e. The number of aromatic hydroxyl groups is 1. The Kier molecular flexibility index (Phi) is 2.46. The van der Waals surface area contributed by atoms with E-state index in [0.29, 0.717) is 17.7 Å². The van der Waals surface area contributed by atoms with Crippen LogP contribution in [0.15, 0.2) is 24.3 Å². The van der Waals surface area contributed by atoms with Crippen molar-refractivity contribution in [1.29, 1.82) is 0 Å². The molecule has 76 valence electrons. The monoisotopic (exact) mass is 191 g/mol. The number of phenols is 1. The molecule has 14 heavy (non-hydrogen) atoms. The summed E-state index contributed by atoms with van der Waals surface area (Å²) in [5, 5.41) is 9.65. The zero-order chi connectivity index (χ0) is 10.1. The van der Waals surface area contributed by atoms with E-state index in [1.54, 1.807) is 6.07 Å². The Morgan fingerprint density at radius 2 is 1.93 bits per heavy atom. The van der Waals surface area contributed by atoms with Gasteiger partial charge in [0.1, 0.15) is 5.75 Å². The predicted molar refractivity (Wildman–Crippen MR) is 57.6 cm³/mol. The van der Waals surface area contributed by atoms with Crippen LogP contribution in [0.2, 0.25) is 0 Å². The summed E-state index contributed by atoms with van der Waals surface area (Å²) in [5.41, 5.74) is 1.10. The van der Waals surface area contributed by atoms with Gasteiger partial charge in [0, 0.05) is 25.0 Å². The van der Waals surface area contributed by atoms with Crippen molar-refractivity contribution in [2.24, 2.45) is 0 Å². The van der Waals surface area contributed by atoms with Crippen molar-refractivity contribution in [3.63, 3.8) is 0 Å². The number of phenolic OH excluding ortho intramolecular Hbond substituents is 1. The van der Waals surface area contributed by atoms with Crippen molar-refractivity contribution in [3.8, 4) is 5.75 Å². The Bertz CT molecular complexity index is 316. The molecule has 1 aliphatic heterocycles. The number of nitrogens with zero attached hydrogens (tertiary/aromatic N) is 1. The molecule has 0 aromatic heterocycles. The number of likely N-dealkylation sites (tertiary alicyclic amines) is 1. The van der Waals surface area contributed by atoms with Gasteiger partial charge in [0.05, 0.1) is 0 Å². The van der Waals surface area contributed by atoms with E-state index in [2.05, 4.69) is 18.7 Å². The normalized spacial score (nSPS) is 18.5. The Morgan fingerprint density at radius 3 is 2.50 bits per heavy atom. The van der Waals surface area contributed by atoms with Gasteiger partial charge in [-0.2, -0.15) is 0 Å². The molecule has 1 saturated heterocycles. The third kappa shape index (κ3) is 1.62. The molecule has 2 rings (SSSR count). The lowest BCUT2D eigenvalue weighted by molar-refractivity contribution is 0.108. The van der Waals surface area contributed by atoms with Gasteiger partial charge >= 0.3 is 0 Å². The highest BCUT2D eigenvalue weighted by atomic mass is 16.3. The average molecular weight is 191 g/mol. The Labute approximate surface area is 85.2 Å². The Hall–Kier alpha value is -1.02. The molecule has 0 unspecified atom stereocenters. The zero-order valence-electron chi connectivity index (χ0n) is 8.77. The molecule has 0 bridgehead atoms. The highest BCUT2D eigenvalue weighted by Crippen LogP contribution is 2.33. The topological polar surface area (TPSA) is 23.5 Å². The minimum atomic E-state index is 0.445. The maximum atomic E-state index is 9.65. The predicted octanol–water partition coefficient (Wildman–Crippen LogP) is 2.20. The third-order valence-corrected chi connectivity index (χ3v) is 3.02. The maximum absolute atomic E-state index is 9.65. The third-order valence-electron chi connectivity index (χ3n) is 3.02. The number of hydrogen-bond acceptors (Lipinski definition) is 2. The molecule has 1 fully saturated rings. The van der Waals surface area contributed by atoms with Crippen molar-refractivity contribution < 1.29 is 5.11 Å². The molecule has 0 atom stereocenters. The molecule has 2 heteroatoms. The van der Waals surface area contributed by atoms with Gasteiger partial charge in [0.25, 0.3) is 0 Å². The van der Waals surface area contributed by atoms with E-state index < -0.39 is 0 Å². The van der Waals surface area contributed by atoms with Gasteiger partial charge in [-0.05, 0) is 25.5 Å². The average Bonchev–Trinajstić information content (AvgIpc) is 2.05. The molecule has 1 aromatic carbocycles. The van der Waals surface area contributed by atoms with Crippen LogP contribution in [0.1, 0.15) is 25.3 Å². The number of hydrogen-bond donors (Lipinski definition) is 1. The van der Waals surface area contributed by atoms with Crippen LogP contribution in [-0.4, -0.2) is 29.1 Å². The summed E-state index contributed by atoms with van der Waals surface area (Å²) in [4.78, 5) is 2.41. The van der Waals surface area contributed by atoms with E-state index in [-0.39, 0.29) is 0 Å². The molecule has 0 saturated carbocycles. The van der Waals surface area contributed by atoms with Crippen molar-refractivity contribution in [2.45, 2.75) is 25.8 Å². The molecule has 1 aliphatic rings. The van der Waals surface area contributed by atoms with Crippen LogP contribution < -0.4 is 0 Å². The van der Waals surface area contributed by atoms with Crippen LogP contribution in [0.25, 0.3) is 0 Å². The molecular weight excluding hydrogens is 174 g/mol. The van der Waals surface area contributed by atoms with Gasteiger partial charge in [-0.15, -0.1) is 0 Å². The molecule has 0 radical (unpaired) electrons. The van der Waals surface area contributed by atoms with Gasteiger partial charge in [-0.25, -0.2) is 0 Å². The second-order valence-electron chi connectivity index (χ2n) is 4.30. The van der Waals surface area contributed by atoms with E-state index in [1.807, 2.05) is 18.2 Å². The maximum Gasteiger partial charge on any atom is 0.119 e. The minimum absolute atomic E-state index is 0.445. The molecule has 0 amide bonds. The van der Waals surface area contributed by atoms with Crippen LogP contribution in [0.5, 0.6) is 5.75 Å². The number of benzene rings is 1. The minimum Gasteiger partial charge on any atom is -0.508 e. The molecule has 1 heterocycles.